The molecule has 0 unspecified atom stereocenters. The van der Waals surface area contributed by atoms with E-state index in [4.69, 9.17) is 5.11 Å². The van der Waals surface area contributed by atoms with Crippen molar-refractivity contribution in [1.82, 2.24) is 0 Å². The van der Waals surface area contributed by atoms with Gasteiger partial charge in [-0.3, -0.25) is 19.7 Å². The van der Waals surface area contributed by atoms with Gasteiger partial charge in [0.05, 0.1) is 27.7 Å². The minimum atomic E-state index is -0.959. The van der Waals surface area contributed by atoms with Gasteiger partial charge in [0.25, 0.3) is 17.5 Å². The molecule has 1 aliphatic heterocycles. The summed E-state index contributed by atoms with van der Waals surface area (Å²) < 4.78 is 27.7. The number of carbonyl (C=O) groups is 2. The van der Waals surface area contributed by atoms with Gasteiger partial charge in [-0.15, -0.1) is 11.8 Å². The lowest BCUT2D eigenvalue weighted by Crippen LogP contribution is -2.32. The number of anilines is 1. The van der Waals surface area contributed by atoms with Crippen molar-refractivity contribution < 1.29 is 28.4 Å². The molecule has 1 heterocycles. The van der Waals surface area contributed by atoms with E-state index in [0.717, 1.165) is 30.0 Å². The second-order valence-corrected chi connectivity index (χ2v) is 6.73. The van der Waals surface area contributed by atoms with E-state index in [1.54, 1.807) is 0 Å². The average molecular weight is 406 g/mol. The van der Waals surface area contributed by atoms with Crippen molar-refractivity contribution >= 4 is 40.5 Å². The van der Waals surface area contributed by atoms with Crippen LogP contribution in [0.5, 0.6) is 0 Å². The van der Waals surface area contributed by atoms with Crippen molar-refractivity contribution in [1.29, 1.82) is 0 Å². The second kappa shape index (κ2) is 7.87. The van der Waals surface area contributed by atoms with E-state index in [1.165, 1.54) is 24.3 Å². The Hall–Kier alpha value is -3.11. The number of nitrogens with zero attached hydrogens (tertiary/aromatic N) is 2. The number of halogens is 2. The first-order valence-electron chi connectivity index (χ1n) is 7.91. The van der Waals surface area contributed by atoms with E-state index < -0.39 is 34.1 Å². The van der Waals surface area contributed by atoms with Crippen LogP contribution in [0, 0.1) is 21.7 Å². The summed E-state index contributed by atoms with van der Waals surface area (Å²) in [6, 6.07) is 7.32. The van der Waals surface area contributed by atoms with Crippen LogP contribution in [0.15, 0.2) is 47.4 Å². The number of hydrogen-bond donors (Lipinski definition) is 1. The van der Waals surface area contributed by atoms with Gasteiger partial charge in [-0.05, 0) is 29.8 Å². The van der Waals surface area contributed by atoms with Gasteiger partial charge in [-0.2, -0.15) is 0 Å². The zero-order valence-corrected chi connectivity index (χ0v) is 14.9. The normalized spacial score (nSPS) is 14.2. The largest absolute Gasteiger partial charge is 0.396 e. The van der Waals surface area contributed by atoms with Gasteiger partial charge in [0.1, 0.15) is 11.6 Å². The quantitative estimate of drug-likeness (QED) is 0.450. The summed E-state index contributed by atoms with van der Waals surface area (Å²) in [6.45, 7) is -0.280. The molecule has 0 fully saturated rings. The molecular formula is C18H12F2N2O5S. The van der Waals surface area contributed by atoms with Crippen molar-refractivity contribution in [2.45, 2.75) is 0 Å². The van der Waals surface area contributed by atoms with Crippen molar-refractivity contribution in [3.05, 3.63) is 74.7 Å². The molecule has 1 N–H and O–H groups in total. The van der Waals surface area contributed by atoms with Crippen LogP contribution in [0.1, 0.15) is 5.56 Å². The summed E-state index contributed by atoms with van der Waals surface area (Å²) in [7, 11) is 0. The molecule has 0 saturated heterocycles. The Morgan fingerprint density at radius 1 is 1.07 bits per heavy atom. The molecule has 28 heavy (non-hydrogen) atoms. The zero-order valence-electron chi connectivity index (χ0n) is 14.1. The number of imide groups is 1. The number of carbonyl (C=O) groups excluding carboxylic acids is 2. The van der Waals surface area contributed by atoms with E-state index in [0.29, 0.717) is 4.90 Å². The highest BCUT2D eigenvalue weighted by atomic mass is 32.2. The third kappa shape index (κ3) is 3.51. The van der Waals surface area contributed by atoms with Crippen LogP contribution in [0.4, 0.5) is 20.2 Å². The van der Waals surface area contributed by atoms with Crippen molar-refractivity contribution in [2.24, 2.45) is 0 Å². The molecule has 1 aliphatic rings. The molecule has 2 amide bonds. The molecule has 2 aromatic carbocycles. The van der Waals surface area contributed by atoms with Gasteiger partial charge < -0.3 is 5.11 Å². The highest BCUT2D eigenvalue weighted by Crippen LogP contribution is 2.39. The number of benzene rings is 2. The summed E-state index contributed by atoms with van der Waals surface area (Å²) in [5.74, 6) is -3.44. The van der Waals surface area contributed by atoms with Gasteiger partial charge in [0.2, 0.25) is 0 Å². The molecule has 0 aromatic heterocycles. The molecule has 144 valence electrons. The number of nitro benzene ring substituents is 1. The Balaban J connectivity index is 2.10. The van der Waals surface area contributed by atoms with Crippen LogP contribution >= 0.6 is 11.8 Å². The smallest absolute Gasteiger partial charge is 0.272 e. The summed E-state index contributed by atoms with van der Waals surface area (Å²) in [6.07, 6.45) is 0. The Labute approximate surface area is 161 Å². The van der Waals surface area contributed by atoms with Crippen LogP contribution in [0.25, 0.3) is 5.57 Å². The van der Waals surface area contributed by atoms with E-state index in [2.05, 4.69) is 0 Å². The number of thioether (sulfide) groups is 1. The number of aliphatic hydroxyl groups is 1. The van der Waals surface area contributed by atoms with Gasteiger partial charge >= 0.3 is 0 Å². The molecule has 0 radical (unpaired) electrons. The van der Waals surface area contributed by atoms with Crippen LogP contribution in [0.3, 0.4) is 0 Å². The Bertz CT molecular complexity index is 1010. The number of hydrogen-bond acceptors (Lipinski definition) is 6. The lowest BCUT2D eigenvalue weighted by atomic mass is 10.1. The summed E-state index contributed by atoms with van der Waals surface area (Å²) in [5.41, 5.74) is -0.626. The Morgan fingerprint density at radius 3 is 2.36 bits per heavy atom. The first kappa shape index (κ1) is 19.6. The number of rotatable bonds is 6. The van der Waals surface area contributed by atoms with Gasteiger partial charge in [-0.25, -0.2) is 13.7 Å². The third-order valence-electron chi connectivity index (χ3n) is 3.89. The predicted molar refractivity (Wildman–Crippen MR) is 98.4 cm³/mol. The maximum absolute atomic E-state index is 14.2. The predicted octanol–water partition coefficient (Wildman–Crippen LogP) is 2.88. The van der Waals surface area contributed by atoms with E-state index in [1.807, 2.05) is 0 Å². The number of amides is 2. The number of aliphatic hydroxyl groups excluding tert-OH is 1. The summed E-state index contributed by atoms with van der Waals surface area (Å²) in [4.78, 5) is 36.4. The standard InChI is InChI=1S/C18H12F2N2O5S/c19-11-3-6-13(20)14(9-11)21-17(24)15(16(18(21)25)28-8-7-23)10-1-4-12(5-2-10)22(26)27/h1-6,9,23H,7-8H2. The van der Waals surface area contributed by atoms with Gasteiger partial charge in [0, 0.05) is 24.0 Å². The molecule has 0 bridgehead atoms. The van der Waals surface area contributed by atoms with E-state index >= 15 is 0 Å². The van der Waals surface area contributed by atoms with Crippen LogP contribution in [-0.4, -0.2) is 34.2 Å². The SMILES string of the molecule is O=C1C(SCCO)=C(c2ccc([N+](=O)[O-])cc2)C(=O)N1c1cc(F)ccc1F. The first-order valence-corrected chi connectivity index (χ1v) is 8.90. The number of non-ortho nitro benzene ring substituents is 1. The Morgan fingerprint density at radius 2 is 1.75 bits per heavy atom. The first-order chi connectivity index (χ1) is 13.3. The lowest BCUT2D eigenvalue weighted by molar-refractivity contribution is -0.384. The van der Waals surface area contributed by atoms with Crippen LogP contribution < -0.4 is 4.90 Å². The Kier molecular flexibility index (Phi) is 5.52. The maximum atomic E-state index is 14.2. The van der Waals surface area contributed by atoms with Gasteiger partial charge in [0.15, 0.2) is 0 Å². The maximum Gasteiger partial charge on any atom is 0.272 e. The van der Waals surface area contributed by atoms with E-state index in [-0.39, 0.29) is 34.1 Å². The molecule has 0 aliphatic carbocycles. The molecular weight excluding hydrogens is 394 g/mol. The molecule has 0 atom stereocenters. The molecule has 0 spiro atoms. The van der Waals surface area contributed by atoms with Crippen LogP contribution in [0.2, 0.25) is 0 Å². The number of nitro groups is 1. The monoisotopic (exact) mass is 406 g/mol. The molecule has 2 aromatic rings. The van der Waals surface area contributed by atoms with Crippen molar-refractivity contribution in [2.75, 3.05) is 17.3 Å². The fraction of sp³-hybridized carbons (Fsp3) is 0.111. The lowest BCUT2D eigenvalue weighted by Gasteiger charge is -2.16. The van der Waals surface area contributed by atoms with Crippen molar-refractivity contribution in [3.63, 3.8) is 0 Å². The molecule has 3 rings (SSSR count). The topological polar surface area (TPSA) is 101 Å². The average Bonchev–Trinajstić information content (AvgIpc) is 2.92. The minimum absolute atomic E-state index is 0.0587. The van der Waals surface area contributed by atoms with Gasteiger partial charge in [-0.1, -0.05) is 0 Å². The fourth-order valence-electron chi connectivity index (χ4n) is 2.67. The fourth-order valence-corrected chi connectivity index (χ4v) is 3.53. The highest BCUT2D eigenvalue weighted by Gasteiger charge is 2.41. The van der Waals surface area contributed by atoms with E-state index in [9.17, 15) is 28.5 Å². The highest BCUT2D eigenvalue weighted by molar-refractivity contribution is 8.04. The van der Waals surface area contributed by atoms with Crippen molar-refractivity contribution in [3.8, 4) is 0 Å². The molecule has 10 heteroatoms. The summed E-state index contributed by atoms with van der Waals surface area (Å²) in [5, 5.41) is 19.9. The third-order valence-corrected chi connectivity index (χ3v) is 4.95. The molecule has 0 saturated carbocycles. The second-order valence-electron chi connectivity index (χ2n) is 5.62. The minimum Gasteiger partial charge on any atom is -0.396 e. The summed E-state index contributed by atoms with van der Waals surface area (Å²) >= 11 is 0.885. The zero-order chi connectivity index (χ0) is 20.4. The van der Waals surface area contributed by atoms with Crippen LogP contribution in [-0.2, 0) is 9.59 Å². The molecule has 7 nitrogen and oxygen atoms in total.